The first-order valence-corrected chi connectivity index (χ1v) is 11.4. The van der Waals surface area contributed by atoms with E-state index >= 15 is 0 Å². The van der Waals surface area contributed by atoms with Gasteiger partial charge in [-0.3, -0.25) is 9.69 Å². The van der Waals surface area contributed by atoms with Gasteiger partial charge in [0.2, 0.25) is 5.91 Å². The Kier molecular flexibility index (Phi) is 5.68. The largest absolute Gasteiger partial charge is 0.342 e. The molecule has 0 atom stereocenters. The first-order chi connectivity index (χ1) is 15.2. The molecular formula is C24H30N6O. The van der Waals surface area contributed by atoms with Gasteiger partial charge in [-0.25, -0.2) is 4.98 Å². The Morgan fingerprint density at radius 2 is 1.84 bits per heavy atom. The molecule has 3 aromatic rings. The van der Waals surface area contributed by atoms with Crippen molar-refractivity contribution in [3.8, 4) is 0 Å². The van der Waals surface area contributed by atoms with Crippen LogP contribution in [-0.2, 0) is 11.3 Å². The number of fused-ring (bicyclic) bond motifs is 1. The molecule has 1 aromatic carbocycles. The third-order valence-electron chi connectivity index (χ3n) is 6.89. The van der Waals surface area contributed by atoms with Gasteiger partial charge in [0.15, 0.2) is 0 Å². The number of hydrogen-bond donors (Lipinski definition) is 0. The number of amides is 1. The van der Waals surface area contributed by atoms with Gasteiger partial charge in [0, 0.05) is 37.8 Å². The van der Waals surface area contributed by atoms with E-state index in [0.717, 1.165) is 63.9 Å². The SMILES string of the molecule is Cc1ccc2c(c1)ncn2C1CCN(C(=O)C2CCN(Cc3ccnnc3)CC2)CC1. The Bertz CT molecular complexity index is 1030. The van der Waals surface area contributed by atoms with Crippen LogP contribution in [0.5, 0.6) is 0 Å². The first kappa shape index (κ1) is 20.1. The minimum Gasteiger partial charge on any atom is -0.342 e. The number of aryl methyl sites for hydroxylation is 1. The lowest BCUT2D eigenvalue weighted by molar-refractivity contribution is -0.138. The number of nitrogens with zero attached hydrogens (tertiary/aromatic N) is 6. The van der Waals surface area contributed by atoms with Gasteiger partial charge >= 0.3 is 0 Å². The molecule has 0 radical (unpaired) electrons. The molecule has 2 aromatic heterocycles. The summed E-state index contributed by atoms with van der Waals surface area (Å²) >= 11 is 0. The lowest BCUT2D eigenvalue weighted by Gasteiger charge is -2.37. The molecule has 0 bridgehead atoms. The predicted molar refractivity (Wildman–Crippen MR) is 119 cm³/mol. The van der Waals surface area contributed by atoms with Crippen LogP contribution >= 0.6 is 0 Å². The van der Waals surface area contributed by atoms with E-state index in [0.29, 0.717) is 11.9 Å². The quantitative estimate of drug-likeness (QED) is 0.651. The average Bonchev–Trinajstić information content (AvgIpc) is 3.23. The highest BCUT2D eigenvalue weighted by atomic mass is 16.2. The van der Waals surface area contributed by atoms with Gasteiger partial charge in [0.05, 0.1) is 23.6 Å². The lowest BCUT2D eigenvalue weighted by atomic mass is 9.93. The van der Waals surface area contributed by atoms with E-state index in [1.807, 2.05) is 18.6 Å². The van der Waals surface area contributed by atoms with Crippen LogP contribution in [-0.4, -0.2) is 61.6 Å². The van der Waals surface area contributed by atoms with Gasteiger partial charge in [-0.2, -0.15) is 10.2 Å². The fourth-order valence-electron chi connectivity index (χ4n) is 5.06. The van der Waals surface area contributed by atoms with E-state index in [1.54, 1.807) is 6.20 Å². The van der Waals surface area contributed by atoms with Crippen molar-refractivity contribution < 1.29 is 4.79 Å². The van der Waals surface area contributed by atoms with Crippen LogP contribution in [0.4, 0.5) is 0 Å². The number of likely N-dealkylation sites (tertiary alicyclic amines) is 2. The summed E-state index contributed by atoms with van der Waals surface area (Å²) in [6.45, 7) is 6.62. The number of aromatic nitrogens is 4. The smallest absolute Gasteiger partial charge is 0.225 e. The molecule has 0 unspecified atom stereocenters. The number of rotatable bonds is 4. The second-order valence-electron chi connectivity index (χ2n) is 9.00. The maximum absolute atomic E-state index is 13.1. The van der Waals surface area contributed by atoms with Crippen LogP contribution in [0.2, 0.25) is 0 Å². The van der Waals surface area contributed by atoms with Crippen molar-refractivity contribution in [2.75, 3.05) is 26.2 Å². The molecular weight excluding hydrogens is 388 g/mol. The molecule has 5 rings (SSSR count). The molecule has 7 nitrogen and oxygen atoms in total. The monoisotopic (exact) mass is 418 g/mol. The third-order valence-corrected chi connectivity index (χ3v) is 6.89. The minimum atomic E-state index is 0.167. The van der Waals surface area contributed by atoms with E-state index < -0.39 is 0 Å². The molecule has 2 aliphatic heterocycles. The standard InChI is InChI=1S/C24H30N6O/c1-18-2-3-23-22(14-18)25-17-30(23)21-7-12-29(13-8-21)24(31)20-5-10-28(11-6-20)16-19-4-9-26-27-15-19/h2-4,9,14-15,17,20-21H,5-8,10-13,16H2,1H3. The summed E-state index contributed by atoms with van der Waals surface area (Å²) in [5.41, 5.74) is 4.69. The summed E-state index contributed by atoms with van der Waals surface area (Å²) in [5.74, 6) is 0.523. The number of benzene rings is 1. The van der Waals surface area contributed by atoms with Gasteiger partial charge in [0.25, 0.3) is 0 Å². The molecule has 4 heterocycles. The molecule has 0 N–H and O–H groups in total. The fourth-order valence-corrected chi connectivity index (χ4v) is 5.06. The van der Waals surface area contributed by atoms with E-state index in [9.17, 15) is 4.79 Å². The molecule has 0 spiro atoms. The molecule has 2 aliphatic rings. The van der Waals surface area contributed by atoms with Crippen molar-refractivity contribution in [1.82, 2.24) is 29.5 Å². The second kappa shape index (κ2) is 8.75. The summed E-state index contributed by atoms with van der Waals surface area (Å²) in [6, 6.07) is 8.90. The van der Waals surface area contributed by atoms with E-state index in [-0.39, 0.29) is 5.92 Å². The molecule has 7 heteroatoms. The molecule has 1 amide bonds. The molecule has 2 fully saturated rings. The zero-order valence-electron chi connectivity index (χ0n) is 18.2. The van der Waals surface area contributed by atoms with Crippen LogP contribution in [0.1, 0.15) is 42.9 Å². The minimum absolute atomic E-state index is 0.167. The number of carbonyl (C=O) groups excluding carboxylic acids is 1. The van der Waals surface area contributed by atoms with Gasteiger partial charge in [-0.15, -0.1) is 0 Å². The van der Waals surface area contributed by atoms with Gasteiger partial charge in [-0.1, -0.05) is 6.07 Å². The summed E-state index contributed by atoms with van der Waals surface area (Å²) in [6.07, 6.45) is 9.43. The van der Waals surface area contributed by atoms with Crippen molar-refractivity contribution in [1.29, 1.82) is 0 Å². The predicted octanol–water partition coefficient (Wildman–Crippen LogP) is 3.21. The van der Waals surface area contributed by atoms with Crippen LogP contribution in [0.3, 0.4) is 0 Å². The van der Waals surface area contributed by atoms with Gasteiger partial charge in [0.1, 0.15) is 0 Å². The van der Waals surface area contributed by atoms with Gasteiger partial charge < -0.3 is 9.47 Å². The summed E-state index contributed by atoms with van der Waals surface area (Å²) in [7, 11) is 0. The average molecular weight is 419 g/mol. The Balaban J connectivity index is 1.13. The molecule has 2 saturated heterocycles. The van der Waals surface area contributed by atoms with E-state index in [2.05, 4.69) is 54.7 Å². The topological polar surface area (TPSA) is 67.2 Å². The highest BCUT2D eigenvalue weighted by Gasteiger charge is 2.31. The Labute approximate surface area is 183 Å². The zero-order valence-corrected chi connectivity index (χ0v) is 18.2. The van der Waals surface area contributed by atoms with Crippen molar-refractivity contribution in [3.63, 3.8) is 0 Å². The molecule has 0 saturated carbocycles. The lowest BCUT2D eigenvalue weighted by Crippen LogP contribution is -2.45. The normalized spacial score (nSPS) is 19.2. The Morgan fingerprint density at radius 1 is 1.03 bits per heavy atom. The van der Waals surface area contributed by atoms with Crippen molar-refractivity contribution in [2.45, 2.75) is 45.2 Å². The van der Waals surface area contributed by atoms with Crippen LogP contribution in [0, 0.1) is 12.8 Å². The molecule has 162 valence electrons. The fraction of sp³-hybridized carbons (Fsp3) is 0.500. The van der Waals surface area contributed by atoms with Crippen molar-refractivity contribution in [3.05, 3.63) is 54.1 Å². The highest BCUT2D eigenvalue weighted by Crippen LogP contribution is 2.29. The number of imidazole rings is 1. The second-order valence-corrected chi connectivity index (χ2v) is 9.00. The summed E-state index contributed by atoms with van der Waals surface area (Å²) in [5, 5.41) is 7.80. The van der Waals surface area contributed by atoms with Crippen LogP contribution < -0.4 is 0 Å². The number of piperidine rings is 2. The first-order valence-electron chi connectivity index (χ1n) is 11.4. The molecule has 0 aliphatic carbocycles. The van der Waals surface area contributed by atoms with E-state index in [4.69, 9.17) is 0 Å². The number of carbonyl (C=O) groups is 1. The third kappa shape index (κ3) is 4.32. The van der Waals surface area contributed by atoms with Crippen molar-refractivity contribution in [2.24, 2.45) is 5.92 Å². The van der Waals surface area contributed by atoms with Crippen LogP contribution in [0.15, 0.2) is 43.0 Å². The van der Waals surface area contributed by atoms with Gasteiger partial charge in [-0.05, 0) is 75.0 Å². The number of hydrogen-bond acceptors (Lipinski definition) is 5. The maximum atomic E-state index is 13.1. The molecule has 31 heavy (non-hydrogen) atoms. The summed E-state index contributed by atoms with van der Waals surface area (Å²) < 4.78 is 2.31. The Morgan fingerprint density at radius 3 is 2.58 bits per heavy atom. The maximum Gasteiger partial charge on any atom is 0.225 e. The summed E-state index contributed by atoms with van der Waals surface area (Å²) in [4.78, 5) is 22.2. The highest BCUT2D eigenvalue weighted by molar-refractivity contribution is 5.79. The Hall–Kier alpha value is -2.80. The van der Waals surface area contributed by atoms with E-state index in [1.165, 1.54) is 16.6 Å². The van der Waals surface area contributed by atoms with Crippen LogP contribution in [0.25, 0.3) is 11.0 Å². The zero-order chi connectivity index (χ0) is 21.2. The van der Waals surface area contributed by atoms with Crippen molar-refractivity contribution >= 4 is 16.9 Å².